The number of carbonyl (C=O) groups excluding carboxylic acids is 1. The van der Waals surface area contributed by atoms with Gasteiger partial charge in [-0.15, -0.1) is 0 Å². The maximum Gasteiger partial charge on any atom is 0.257 e. The normalized spacial score (nSPS) is 10.5. The maximum atomic E-state index is 12.4. The van der Waals surface area contributed by atoms with Crippen LogP contribution in [0.25, 0.3) is 10.9 Å². The van der Waals surface area contributed by atoms with Crippen LogP contribution in [0.1, 0.15) is 10.4 Å². The number of carbonyl (C=O) groups is 1. The summed E-state index contributed by atoms with van der Waals surface area (Å²) in [5.74, 6) is 0.0933. The molecule has 0 saturated heterocycles. The van der Waals surface area contributed by atoms with Gasteiger partial charge in [0.05, 0.1) is 5.56 Å². The Morgan fingerprint density at radius 3 is 2.76 bits per heavy atom. The largest absolute Gasteiger partial charge is 0.322 e. The number of benzene rings is 1. The van der Waals surface area contributed by atoms with E-state index in [-0.39, 0.29) is 11.5 Å². The number of nitrogens with zero attached hydrogens (tertiary/aromatic N) is 1. The monoisotopic (exact) mass is 391 g/mol. The Labute approximate surface area is 133 Å². The van der Waals surface area contributed by atoms with Crippen molar-refractivity contribution in [1.29, 1.82) is 0 Å². The fourth-order valence-corrected chi connectivity index (χ4v) is 2.34. The fraction of sp³-hybridized carbons (Fsp3) is 0. The first-order chi connectivity index (χ1) is 10.1. The predicted octanol–water partition coefficient (Wildman–Crippen LogP) is 2.78. The van der Waals surface area contributed by atoms with Crippen LogP contribution in [-0.2, 0) is 0 Å². The van der Waals surface area contributed by atoms with Crippen molar-refractivity contribution in [2.75, 3.05) is 5.32 Å². The standard InChI is InChI=1S/C15H10IN3O2/c16-9-5-6-13(17-8-9)19-15(21)11-7-14(20)18-12-4-2-1-3-10(11)12/h1-8H,(H,18,20)(H,17,19,21). The fourth-order valence-electron chi connectivity index (χ4n) is 2.03. The van der Waals surface area contributed by atoms with Crippen molar-refractivity contribution in [3.8, 4) is 0 Å². The number of H-pyrrole nitrogens is 1. The van der Waals surface area contributed by atoms with Crippen molar-refractivity contribution in [2.45, 2.75) is 0 Å². The molecule has 2 heterocycles. The molecular formula is C15H10IN3O2. The van der Waals surface area contributed by atoms with Crippen molar-refractivity contribution in [2.24, 2.45) is 0 Å². The van der Waals surface area contributed by atoms with Gasteiger partial charge in [0.25, 0.3) is 5.91 Å². The van der Waals surface area contributed by atoms with E-state index in [9.17, 15) is 9.59 Å². The third-order valence-electron chi connectivity index (χ3n) is 2.96. The number of hydrogen-bond acceptors (Lipinski definition) is 3. The topological polar surface area (TPSA) is 74.8 Å². The minimum Gasteiger partial charge on any atom is -0.322 e. The molecule has 0 aliphatic heterocycles. The van der Waals surface area contributed by atoms with Gasteiger partial charge in [-0.05, 0) is 40.8 Å². The molecule has 6 heteroatoms. The second kappa shape index (κ2) is 5.65. The molecule has 21 heavy (non-hydrogen) atoms. The van der Waals surface area contributed by atoms with Gasteiger partial charge in [-0.3, -0.25) is 9.59 Å². The molecule has 0 radical (unpaired) electrons. The van der Waals surface area contributed by atoms with Crippen LogP contribution in [0.4, 0.5) is 5.82 Å². The average Bonchev–Trinajstić information content (AvgIpc) is 2.48. The average molecular weight is 391 g/mol. The number of pyridine rings is 2. The number of para-hydroxylation sites is 1. The number of anilines is 1. The van der Waals surface area contributed by atoms with Crippen LogP contribution in [0, 0.1) is 3.57 Å². The van der Waals surface area contributed by atoms with Gasteiger partial charge in [0, 0.05) is 26.7 Å². The number of amides is 1. The minimum absolute atomic E-state index is 0.311. The van der Waals surface area contributed by atoms with Gasteiger partial charge < -0.3 is 10.3 Å². The van der Waals surface area contributed by atoms with E-state index in [2.05, 4.69) is 37.9 Å². The zero-order valence-corrected chi connectivity index (χ0v) is 12.9. The van der Waals surface area contributed by atoms with Crippen molar-refractivity contribution in [3.05, 3.63) is 68.1 Å². The lowest BCUT2D eigenvalue weighted by Gasteiger charge is -2.07. The van der Waals surface area contributed by atoms with Gasteiger partial charge in [0.2, 0.25) is 5.56 Å². The molecule has 2 aromatic heterocycles. The molecule has 0 spiro atoms. The molecule has 0 aliphatic carbocycles. The van der Waals surface area contributed by atoms with E-state index in [0.29, 0.717) is 22.3 Å². The number of aromatic amines is 1. The molecule has 0 fully saturated rings. The highest BCUT2D eigenvalue weighted by atomic mass is 127. The molecule has 1 aromatic carbocycles. The van der Waals surface area contributed by atoms with E-state index in [1.165, 1.54) is 6.07 Å². The quantitative estimate of drug-likeness (QED) is 0.660. The molecule has 0 aliphatic rings. The van der Waals surface area contributed by atoms with Gasteiger partial charge in [-0.2, -0.15) is 0 Å². The van der Waals surface area contributed by atoms with Gasteiger partial charge in [0.15, 0.2) is 0 Å². The highest BCUT2D eigenvalue weighted by molar-refractivity contribution is 14.1. The number of rotatable bonds is 2. The molecule has 0 atom stereocenters. The third-order valence-corrected chi connectivity index (χ3v) is 3.60. The van der Waals surface area contributed by atoms with Crippen LogP contribution < -0.4 is 10.9 Å². The Morgan fingerprint density at radius 1 is 1.19 bits per heavy atom. The Kier molecular flexibility index (Phi) is 3.70. The van der Waals surface area contributed by atoms with E-state index >= 15 is 0 Å². The maximum absolute atomic E-state index is 12.4. The molecule has 0 saturated carbocycles. The molecule has 2 N–H and O–H groups in total. The van der Waals surface area contributed by atoms with Gasteiger partial charge in [-0.1, -0.05) is 18.2 Å². The summed E-state index contributed by atoms with van der Waals surface area (Å²) < 4.78 is 0.979. The Balaban J connectivity index is 2.01. The minimum atomic E-state index is -0.356. The lowest BCUT2D eigenvalue weighted by atomic mass is 10.1. The first-order valence-corrected chi connectivity index (χ1v) is 7.26. The Bertz CT molecular complexity index is 872. The van der Waals surface area contributed by atoms with Crippen LogP contribution >= 0.6 is 22.6 Å². The number of fused-ring (bicyclic) bond motifs is 1. The summed E-state index contributed by atoms with van der Waals surface area (Å²) in [5, 5.41) is 3.39. The predicted molar refractivity (Wildman–Crippen MR) is 89.5 cm³/mol. The Hall–Kier alpha value is -2.22. The Morgan fingerprint density at radius 2 is 2.00 bits per heavy atom. The van der Waals surface area contributed by atoms with Crippen LogP contribution in [0.2, 0.25) is 0 Å². The molecule has 3 aromatic rings. The van der Waals surface area contributed by atoms with E-state index in [1.54, 1.807) is 30.5 Å². The lowest BCUT2D eigenvalue weighted by Crippen LogP contribution is -2.17. The summed E-state index contributed by atoms with van der Waals surface area (Å²) >= 11 is 2.14. The van der Waals surface area contributed by atoms with Crippen molar-refractivity contribution in [1.82, 2.24) is 9.97 Å². The van der Waals surface area contributed by atoms with Gasteiger partial charge in [0.1, 0.15) is 5.82 Å². The van der Waals surface area contributed by atoms with Crippen LogP contribution in [0.3, 0.4) is 0 Å². The smallest absolute Gasteiger partial charge is 0.257 e. The summed E-state index contributed by atoms with van der Waals surface area (Å²) in [6.45, 7) is 0. The van der Waals surface area contributed by atoms with Crippen molar-refractivity contribution >= 4 is 45.2 Å². The number of halogens is 1. The van der Waals surface area contributed by atoms with Gasteiger partial charge in [-0.25, -0.2) is 4.98 Å². The summed E-state index contributed by atoms with van der Waals surface area (Å²) in [5.41, 5.74) is 0.648. The second-order valence-corrected chi connectivity index (χ2v) is 5.65. The van der Waals surface area contributed by atoms with E-state index < -0.39 is 0 Å². The number of hydrogen-bond donors (Lipinski definition) is 2. The van der Waals surface area contributed by atoms with Gasteiger partial charge >= 0.3 is 0 Å². The summed E-state index contributed by atoms with van der Waals surface area (Å²) in [7, 11) is 0. The highest BCUT2D eigenvalue weighted by Crippen LogP contribution is 2.16. The van der Waals surface area contributed by atoms with E-state index in [1.807, 2.05) is 12.1 Å². The first-order valence-electron chi connectivity index (χ1n) is 6.18. The third kappa shape index (κ3) is 2.94. The zero-order valence-electron chi connectivity index (χ0n) is 10.8. The molecule has 0 unspecified atom stereocenters. The van der Waals surface area contributed by atoms with Crippen molar-refractivity contribution in [3.63, 3.8) is 0 Å². The summed E-state index contributed by atoms with van der Waals surface area (Å²) in [6, 6.07) is 12.0. The first kappa shape index (κ1) is 13.7. The summed E-state index contributed by atoms with van der Waals surface area (Å²) in [4.78, 5) is 30.8. The van der Waals surface area contributed by atoms with Crippen molar-refractivity contribution < 1.29 is 4.79 Å². The van der Waals surface area contributed by atoms with Crippen LogP contribution in [-0.4, -0.2) is 15.9 Å². The molecular weight excluding hydrogens is 381 g/mol. The SMILES string of the molecule is O=C(Nc1ccc(I)cn1)c1cc(=O)[nH]c2ccccc12. The summed E-state index contributed by atoms with van der Waals surface area (Å²) in [6.07, 6.45) is 1.66. The van der Waals surface area contributed by atoms with E-state index in [4.69, 9.17) is 0 Å². The van der Waals surface area contributed by atoms with Crippen LogP contribution in [0.15, 0.2) is 53.5 Å². The lowest BCUT2D eigenvalue weighted by molar-refractivity contribution is 0.102. The molecule has 104 valence electrons. The van der Waals surface area contributed by atoms with Crippen LogP contribution in [0.5, 0.6) is 0 Å². The molecule has 1 amide bonds. The molecule has 0 bridgehead atoms. The second-order valence-electron chi connectivity index (χ2n) is 4.41. The zero-order chi connectivity index (χ0) is 14.8. The number of nitrogens with one attached hydrogen (secondary N) is 2. The van der Waals surface area contributed by atoms with E-state index in [0.717, 1.165) is 3.57 Å². The molecule has 5 nitrogen and oxygen atoms in total. The molecule has 3 rings (SSSR count). The number of aromatic nitrogens is 2. The highest BCUT2D eigenvalue weighted by Gasteiger charge is 2.12.